The predicted molar refractivity (Wildman–Crippen MR) is 125 cm³/mol. The first-order valence-corrected chi connectivity index (χ1v) is 11.6. The number of hydrogen-bond donors (Lipinski definition) is 1. The minimum Gasteiger partial charge on any atom is -0.497 e. The van der Waals surface area contributed by atoms with Gasteiger partial charge in [-0.25, -0.2) is 0 Å². The Labute approximate surface area is 194 Å². The van der Waals surface area contributed by atoms with Crippen molar-refractivity contribution in [3.63, 3.8) is 0 Å². The molecule has 0 saturated carbocycles. The topological polar surface area (TPSA) is 79.0 Å². The molecule has 0 aromatic heterocycles. The summed E-state index contributed by atoms with van der Waals surface area (Å²) in [6.45, 7) is 5.09. The van der Waals surface area contributed by atoms with Gasteiger partial charge in [0.15, 0.2) is 0 Å². The Morgan fingerprint density at radius 3 is 2.70 bits per heavy atom. The van der Waals surface area contributed by atoms with Gasteiger partial charge in [0.05, 0.1) is 24.8 Å². The van der Waals surface area contributed by atoms with Gasteiger partial charge in [0, 0.05) is 24.7 Å². The van der Waals surface area contributed by atoms with Crippen LogP contribution >= 0.6 is 0 Å². The van der Waals surface area contributed by atoms with Crippen molar-refractivity contribution in [3.05, 3.63) is 64.7 Å². The van der Waals surface area contributed by atoms with Crippen molar-refractivity contribution in [2.75, 3.05) is 26.7 Å². The minimum absolute atomic E-state index is 0.153. The van der Waals surface area contributed by atoms with Crippen LogP contribution < -0.4 is 10.1 Å². The SMILES string of the molecule is COc1cccc(CN2C(=O)c3ccc(C(=O)NCCCN4CCCCC4C)cc3C2=O)c1. The van der Waals surface area contributed by atoms with Crippen molar-refractivity contribution in [3.8, 4) is 5.75 Å². The van der Waals surface area contributed by atoms with E-state index in [0.717, 1.165) is 25.1 Å². The standard InChI is InChI=1S/C26H31N3O4/c1-18-7-3-4-13-28(18)14-6-12-27-24(30)20-10-11-22-23(16-20)26(32)29(25(22)31)17-19-8-5-9-21(15-19)33-2/h5,8-11,15-16,18H,3-4,6-7,12-14,17H2,1-2H3,(H,27,30). The molecule has 7 nitrogen and oxygen atoms in total. The van der Waals surface area contributed by atoms with E-state index in [1.54, 1.807) is 25.3 Å². The average Bonchev–Trinajstić information content (AvgIpc) is 3.07. The number of methoxy groups -OCH3 is 1. The molecule has 33 heavy (non-hydrogen) atoms. The third-order valence-electron chi connectivity index (χ3n) is 6.56. The zero-order valence-electron chi connectivity index (χ0n) is 19.3. The van der Waals surface area contributed by atoms with Crippen LogP contribution in [0.4, 0.5) is 0 Å². The zero-order valence-corrected chi connectivity index (χ0v) is 19.3. The van der Waals surface area contributed by atoms with Crippen LogP contribution in [-0.2, 0) is 6.54 Å². The van der Waals surface area contributed by atoms with Crippen molar-refractivity contribution in [2.45, 2.75) is 45.2 Å². The van der Waals surface area contributed by atoms with E-state index in [1.165, 1.54) is 30.2 Å². The molecule has 2 aliphatic rings. The number of rotatable bonds is 8. The summed E-state index contributed by atoms with van der Waals surface area (Å²) >= 11 is 0. The Kier molecular flexibility index (Phi) is 7.08. The van der Waals surface area contributed by atoms with Gasteiger partial charge in [-0.05, 0) is 68.6 Å². The van der Waals surface area contributed by atoms with Gasteiger partial charge in [-0.2, -0.15) is 0 Å². The molecule has 2 heterocycles. The summed E-state index contributed by atoms with van der Waals surface area (Å²) in [6, 6.07) is 12.6. The highest BCUT2D eigenvalue weighted by molar-refractivity contribution is 6.22. The maximum absolute atomic E-state index is 12.9. The molecule has 1 N–H and O–H groups in total. The molecule has 2 aromatic rings. The van der Waals surface area contributed by atoms with E-state index in [4.69, 9.17) is 4.74 Å². The molecule has 0 radical (unpaired) electrons. The third kappa shape index (κ3) is 5.09. The second-order valence-electron chi connectivity index (χ2n) is 8.80. The van der Waals surface area contributed by atoms with Gasteiger partial charge in [0.1, 0.15) is 5.75 Å². The minimum atomic E-state index is -0.383. The lowest BCUT2D eigenvalue weighted by Crippen LogP contribution is -2.39. The number of nitrogens with zero attached hydrogens (tertiary/aromatic N) is 2. The normalized spacial score (nSPS) is 18.4. The number of piperidine rings is 1. The van der Waals surface area contributed by atoms with Crippen LogP contribution in [0.3, 0.4) is 0 Å². The number of amides is 3. The number of carbonyl (C=O) groups excluding carboxylic acids is 3. The van der Waals surface area contributed by atoms with E-state index in [9.17, 15) is 14.4 Å². The Morgan fingerprint density at radius 1 is 1.09 bits per heavy atom. The van der Waals surface area contributed by atoms with E-state index >= 15 is 0 Å². The largest absolute Gasteiger partial charge is 0.497 e. The molecule has 0 spiro atoms. The van der Waals surface area contributed by atoms with E-state index in [-0.39, 0.29) is 29.8 Å². The van der Waals surface area contributed by atoms with Gasteiger partial charge in [0.2, 0.25) is 0 Å². The summed E-state index contributed by atoms with van der Waals surface area (Å²) in [5, 5.41) is 2.94. The fourth-order valence-electron chi connectivity index (χ4n) is 4.60. The predicted octanol–water partition coefficient (Wildman–Crippen LogP) is 3.49. The van der Waals surface area contributed by atoms with E-state index in [1.807, 2.05) is 18.2 Å². The number of nitrogens with one attached hydrogen (secondary N) is 1. The molecule has 2 aliphatic heterocycles. The van der Waals surface area contributed by atoms with Crippen LogP contribution in [0, 0.1) is 0 Å². The van der Waals surface area contributed by atoms with Gasteiger partial charge in [-0.15, -0.1) is 0 Å². The highest BCUT2D eigenvalue weighted by Gasteiger charge is 2.36. The molecule has 0 bridgehead atoms. The second kappa shape index (κ2) is 10.2. The smallest absolute Gasteiger partial charge is 0.261 e. The van der Waals surface area contributed by atoms with Gasteiger partial charge < -0.3 is 15.0 Å². The van der Waals surface area contributed by atoms with Gasteiger partial charge in [-0.1, -0.05) is 18.6 Å². The lowest BCUT2D eigenvalue weighted by molar-refractivity contribution is 0.0642. The van der Waals surface area contributed by atoms with Crippen LogP contribution in [0.15, 0.2) is 42.5 Å². The molecule has 0 aliphatic carbocycles. The van der Waals surface area contributed by atoms with Crippen LogP contribution in [0.25, 0.3) is 0 Å². The van der Waals surface area contributed by atoms with E-state index in [0.29, 0.717) is 29.5 Å². The number of likely N-dealkylation sites (tertiary alicyclic amines) is 1. The fraction of sp³-hybridized carbons (Fsp3) is 0.423. The Balaban J connectivity index is 1.36. The van der Waals surface area contributed by atoms with Crippen LogP contribution in [0.2, 0.25) is 0 Å². The van der Waals surface area contributed by atoms with Crippen LogP contribution in [0.5, 0.6) is 5.75 Å². The van der Waals surface area contributed by atoms with Crippen LogP contribution in [-0.4, -0.2) is 60.3 Å². The maximum Gasteiger partial charge on any atom is 0.261 e. The van der Waals surface area contributed by atoms with Crippen molar-refractivity contribution in [1.82, 2.24) is 15.1 Å². The number of fused-ring (bicyclic) bond motifs is 1. The quantitative estimate of drug-likeness (QED) is 0.493. The van der Waals surface area contributed by atoms with Crippen molar-refractivity contribution < 1.29 is 19.1 Å². The Morgan fingerprint density at radius 2 is 1.91 bits per heavy atom. The van der Waals surface area contributed by atoms with Crippen molar-refractivity contribution in [1.29, 1.82) is 0 Å². The molecule has 1 atom stereocenters. The van der Waals surface area contributed by atoms with E-state index in [2.05, 4.69) is 17.1 Å². The zero-order chi connectivity index (χ0) is 23.4. The average molecular weight is 450 g/mol. The first-order valence-electron chi connectivity index (χ1n) is 11.6. The molecule has 7 heteroatoms. The summed E-state index contributed by atoms with van der Waals surface area (Å²) in [4.78, 5) is 42.1. The lowest BCUT2D eigenvalue weighted by Gasteiger charge is -2.33. The molecular formula is C26H31N3O4. The fourth-order valence-corrected chi connectivity index (χ4v) is 4.60. The summed E-state index contributed by atoms with van der Waals surface area (Å²) in [5.74, 6) is -0.291. The summed E-state index contributed by atoms with van der Waals surface area (Å²) in [5.41, 5.74) is 1.80. The monoisotopic (exact) mass is 449 g/mol. The highest BCUT2D eigenvalue weighted by atomic mass is 16.5. The van der Waals surface area contributed by atoms with Crippen molar-refractivity contribution >= 4 is 17.7 Å². The van der Waals surface area contributed by atoms with Gasteiger partial charge in [0.25, 0.3) is 17.7 Å². The number of hydrogen-bond acceptors (Lipinski definition) is 5. The molecular weight excluding hydrogens is 418 g/mol. The molecule has 174 valence electrons. The first kappa shape index (κ1) is 23.0. The molecule has 3 amide bonds. The van der Waals surface area contributed by atoms with Crippen molar-refractivity contribution in [2.24, 2.45) is 0 Å². The third-order valence-corrected chi connectivity index (χ3v) is 6.56. The number of ether oxygens (including phenoxy) is 1. The summed E-state index contributed by atoms with van der Waals surface area (Å²) in [6.07, 6.45) is 4.66. The Hall–Kier alpha value is -3.19. The second-order valence-corrected chi connectivity index (χ2v) is 8.80. The summed E-state index contributed by atoms with van der Waals surface area (Å²) in [7, 11) is 1.57. The number of imide groups is 1. The molecule has 2 aromatic carbocycles. The van der Waals surface area contributed by atoms with Crippen LogP contribution in [0.1, 0.15) is 69.2 Å². The van der Waals surface area contributed by atoms with Gasteiger partial charge >= 0.3 is 0 Å². The maximum atomic E-state index is 12.9. The van der Waals surface area contributed by atoms with E-state index < -0.39 is 0 Å². The van der Waals surface area contributed by atoms with Gasteiger partial charge in [-0.3, -0.25) is 19.3 Å². The number of benzene rings is 2. The lowest BCUT2D eigenvalue weighted by atomic mass is 10.0. The molecule has 1 fully saturated rings. The Bertz CT molecular complexity index is 1050. The first-order chi connectivity index (χ1) is 16.0. The molecule has 1 unspecified atom stereocenters. The number of carbonyl (C=O) groups is 3. The summed E-state index contributed by atoms with van der Waals surface area (Å²) < 4.78 is 5.22. The highest BCUT2D eigenvalue weighted by Crippen LogP contribution is 2.26. The molecule has 4 rings (SSSR count). The molecule has 1 saturated heterocycles.